The molecule has 15 heavy (non-hydrogen) atoms. The first-order valence-electron chi connectivity index (χ1n) is 5.17. The van der Waals surface area contributed by atoms with Gasteiger partial charge in [0, 0.05) is 16.2 Å². The van der Waals surface area contributed by atoms with Gasteiger partial charge in [-0.15, -0.1) is 11.3 Å². The monoisotopic (exact) mass is 238 g/mol. The van der Waals surface area contributed by atoms with E-state index in [0.717, 1.165) is 16.0 Å². The second-order valence-corrected chi connectivity index (χ2v) is 5.67. The summed E-state index contributed by atoms with van der Waals surface area (Å²) >= 11 is 7.85. The molecule has 1 saturated carbocycles. The van der Waals surface area contributed by atoms with E-state index in [2.05, 4.69) is 23.0 Å². The predicted octanol–water partition coefficient (Wildman–Crippen LogP) is 3.92. The largest absolute Gasteiger partial charge is 0.222 e. The molecule has 0 N–H and O–H groups in total. The molecule has 3 rings (SSSR count). The third kappa shape index (κ3) is 1.54. The molecule has 0 saturated heterocycles. The smallest absolute Gasteiger partial charge is 0.141 e. The van der Waals surface area contributed by atoms with Crippen LogP contribution in [-0.2, 0) is 0 Å². The Morgan fingerprint density at radius 1 is 1.40 bits per heavy atom. The van der Waals surface area contributed by atoms with Crippen LogP contribution in [0.4, 0.5) is 0 Å². The lowest BCUT2D eigenvalue weighted by molar-refractivity contribution is 0.402. The molecule has 78 valence electrons. The van der Waals surface area contributed by atoms with Crippen LogP contribution in [0.2, 0.25) is 5.15 Å². The van der Waals surface area contributed by atoms with Gasteiger partial charge in [0.05, 0.1) is 0 Å². The summed E-state index contributed by atoms with van der Waals surface area (Å²) in [6, 6.07) is 2.06. The zero-order valence-electron chi connectivity index (χ0n) is 8.46. The molecule has 2 nitrogen and oxygen atoms in total. The van der Waals surface area contributed by atoms with E-state index in [1.54, 1.807) is 11.3 Å². The minimum atomic E-state index is 0.550. The van der Waals surface area contributed by atoms with Gasteiger partial charge < -0.3 is 0 Å². The molecule has 0 amide bonds. The van der Waals surface area contributed by atoms with Gasteiger partial charge in [-0.05, 0) is 25.8 Å². The molecular formula is C11H11ClN2S. The number of hydrogen-bond acceptors (Lipinski definition) is 3. The summed E-state index contributed by atoms with van der Waals surface area (Å²) in [5.74, 6) is 1.50. The van der Waals surface area contributed by atoms with Gasteiger partial charge in [0.25, 0.3) is 0 Å². The van der Waals surface area contributed by atoms with Crippen molar-refractivity contribution in [1.29, 1.82) is 0 Å². The number of hydrogen-bond donors (Lipinski definition) is 0. The summed E-state index contributed by atoms with van der Waals surface area (Å²) in [6.07, 6.45) is 3.73. The third-order valence-corrected chi connectivity index (χ3v) is 4.19. The molecule has 0 bridgehead atoms. The summed E-state index contributed by atoms with van der Waals surface area (Å²) in [5.41, 5.74) is 0. The number of halogens is 1. The van der Waals surface area contributed by atoms with Crippen LogP contribution >= 0.6 is 22.9 Å². The molecule has 0 atom stereocenters. The molecule has 2 heterocycles. The summed E-state index contributed by atoms with van der Waals surface area (Å²) in [7, 11) is 0. The molecule has 0 unspecified atom stereocenters. The van der Waals surface area contributed by atoms with Crippen molar-refractivity contribution in [1.82, 2.24) is 9.97 Å². The van der Waals surface area contributed by atoms with Gasteiger partial charge in [0.2, 0.25) is 0 Å². The standard InChI is InChI=1S/C11H11ClN2S/c1-6-5-8-9(12)13-10(7-3-2-4-7)14-11(8)15-6/h5,7H,2-4H2,1H3. The van der Waals surface area contributed by atoms with Crippen LogP contribution in [0.15, 0.2) is 6.07 Å². The highest BCUT2D eigenvalue weighted by Crippen LogP contribution is 2.37. The average Bonchev–Trinajstić information content (AvgIpc) is 2.42. The van der Waals surface area contributed by atoms with Crippen molar-refractivity contribution < 1.29 is 0 Å². The van der Waals surface area contributed by atoms with E-state index in [-0.39, 0.29) is 0 Å². The highest BCUT2D eigenvalue weighted by Gasteiger charge is 2.23. The molecule has 0 spiro atoms. The minimum Gasteiger partial charge on any atom is -0.222 e. The van der Waals surface area contributed by atoms with Crippen molar-refractivity contribution in [3.8, 4) is 0 Å². The average molecular weight is 239 g/mol. The van der Waals surface area contributed by atoms with Crippen molar-refractivity contribution in [3.63, 3.8) is 0 Å². The van der Waals surface area contributed by atoms with E-state index in [1.165, 1.54) is 24.1 Å². The predicted molar refractivity (Wildman–Crippen MR) is 63.8 cm³/mol. The van der Waals surface area contributed by atoms with Crippen LogP contribution in [-0.4, -0.2) is 9.97 Å². The summed E-state index contributed by atoms with van der Waals surface area (Å²) in [6.45, 7) is 2.08. The van der Waals surface area contributed by atoms with Crippen molar-refractivity contribution in [2.75, 3.05) is 0 Å². The maximum atomic E-state index is 6.16. The fraction of sp³-hybridized carbons (Fsp3) is 0.455. The minimum absolute atomic E-state index is 0.550. The van der Waals surface area contributed by atoms with Crippen LogP contribution < -0.4 is 0 Å². The second kappa shape index (κ2) is 3.42. The molecule has 1 aliphatic carbocycles. The lowest BCUT2D eigenvalue weighted by Gasteiger charge is -2.23. The molecule has 4 heteroatoms. The fourth-order valence-electron chi connectivity index (χ4n) is 1.87. The van der Waals surface area contributed by atoms with Gasteiger partial charge in [0.15, 0.2) is 0 Å². The maximum absolute atomic E-state index is 6.16. The molecule has 2 aromatic heterocycles. The van der Waals surface area contributed by atoms with E-state index in [4.69, 9.17) is 11.6 Å². The van der Waals surface area contributed by atoms with Crippen LogP contribution in [0.25, 0.3) is 10.2 Å². The van der Waals surface area contributed by atoms with E-state index in [1.807, 2.05) is 0 Å². The first-order valence-corrected chi connectivity index (χ1v) is 6.37. The van der Waals surface area contributed by atoms with Crippen LogP contribution in [0, 0.1) is 6.92 Å². The Morgan fingerprint density at radius 3 is 2.87 bits per heavy atom. The maximum Gasteiger partial charge on any atom is 0.141 e. The first-order chi connectivity index (χ1) is 7.24. The number of fused-ring (bicyclic) bond motifs is 1. The Hall–Kier alpha value is -0.670. The summed E-state index contributed by atoms with van der Waals surface area (Å²) < 4.78 is 0. The molecule has 0 aliphatic heterocycles. The molecule has 0 radical (unpaired) electrons. The second-order valence-electron chi connectivity index (χ2n) is 4.08. The van der Waals surface area contributed by atoms with Crippen LogP contribution in [0.1, 0.15) is 35.9 Å². The number of rotatable bonds is 1. The van der Waals surface area contributed by atoms with Crippen molar-refractivity contribution in [2.45, 2.75) is 32.1 Å². The zero-order valence-corrected chi connectivity index (χ0v) is 10.0. The van der Waals surface area contributed by atoms with Gasteiger partial charge in [-0.25, -0.2) is 9.97 Å². The molecular weight excluding hydrogens is 228 g/mol. The zero-order chi connectivity index (χ0) is 10.4. The number of aryl methyl sites for hydroxylation is 1. The summed E-state index contributed by atoms with van der Waals surface area (Å²) in [4.78, 5) is 11.3. The molecule has 1 fully saturated rings. The Balaban J connectivity index is 2.17. The van der Waals surface area contributed by atoms with E-state index in [9.17, 15) is 0 Å². The fourth-order valence-corrected chi connectivity index (χ4v) is 3.04. The normalized spacial score (nSPS) is 16.9. The van der Waals surface area contributed by atoms with Gasteiger partial charge in [0.1, 0.15) is 15.8 Å². The van der Waals surface area contributed by atoms with Crippen LogP contribution in [0.5, 0.6) is 0 Å². The number of aromatic nitrogens is 2. The van der Waals surface area contributed by atoms with Crippen molar-refractivity contribution >= 4 is 33.2 Å². The van der Waals surface area contributed by atoms with E-state index >= 15 is 0 Å². The van der Waals surface area contributed by atoms with Crippen molar-refractivity contribution in [3.05, 3.63) is 21.9 Å². The molecule has 2 aromatic rings. The number of thiophene rings is 1. The Morgan fingerprint density at radius 2 is 2.20 bits per heavy atom. The Bertz CT molecular complexity index is 517. The highest BCUT2D eigenvalue weighted by atomic mass is 35.5. The third-order valence-electron chi connectivity index (χ3n) is 2.96. The van der Waals surface area contributed by atoms with Gasteiger partial charge in [-0.3, -0.25) is 0 Å². The summed E-state index contributed by atoms with van der Waals surface area (Å²) in [5, 5.41) is 1.62. The quantitative estimate of drug-likeness (QED) is 0.704. The lowest BCUT2D eigenvalue weighted by Crippen LogP contribution is -2.12. The van der Waals surface area contributed by atoms with Gasteiger partial charge >= 0.3 is 0 Å². The van der Waals surface area contributed by atoms with Gasteiger partial charge in [-0.1, -0.05) is 18.0 Å². The molecule has 0 aromatic carbocycles. The Labute approximate surface area is 97.3 Å². The van der Waals surface area contributed by atoms with Gasteiger partial charge in [-0.2, -0.15) is 0 Å². The number of nitrogens with zero attached hydrogens (tertiary/aromatic N) is 2. The highest BCUT2D eigenvalue weighted by molar-refractivity contribution is 7.18. The Kier molecular flexibility index (Phi) is 2.18. The van der Waals surface area contributed by atoms with E-state index in [0.29, 0.717) is 11.1 Å². The topological polar surface area (TPSA) is 25.8 Å². The SMILES string of the molecule is Cc1cc2c(Cl)nc(C3CCC3)nc2s1. The van der Waals surface area contributed by atoms with E-state index < -0.39 is 0 Å². The lowest BCUT2D eigenvalue weighted by atomic mass is 9.85. The van der Waals surface area contributed by atoms with Crippen molar-refractivity contribution in [2.24, 2.45) is 0 Å². The van der Waals surface area contributed by atoms with Crippen LogP contribution in [0.3, 0.4) is 0 Å². The first kappa shape index (κ1) is 9.55. The molecule has 1 aliphatic rings.